The third-order valence-corrected chi connectivity index (χ3v) is 5.77. The molecule has 0 saturated carbocycles. The highest BCUT2D eigenvalue weighted by Crippen LogP contribution is 2.17. The highest BCUT2D eigenvalue weighted by Gasteiger charge is 2.10. The van der Waals surface area contributed by atoms with Crippen molar-refractivity contribution in [1.82, 2.24) is 4.98 Å². The molecular weight excluding hydrogens is 410 g/mol. The Morgan fingerprint density at radius 3 is 2.32 bits per heavy atom. The lowest BCUT2D eigenvalue weighted by Crippen LogP contribution is -2.12. The van der Waals surface area contributed by atoms with Crippen LogP contribution >= 0.6 is 0 Å². The van der Waals surface area contributed by atoms with Crippen LogP contribution in [0.15, 0.2) is 88.6 Å². The zero-order valence-electron chi connectivity index (χ0n) is 16.5. The molecule has 2 N–H and O–H groups in total. The van der Waals surface area contributed by atoms with Crippen molar-refractivity contribution < 1.29 is 13.0 Å². The Morgan fingerprint density at radius 1 is 0.871 bits per heavy atom. The molecule has 0 saturated heterocycles. The molecule has 4 rings (SSSR count). The first-order chi connectivity index (χ1) is 14.9. The van der Waals surface area contributed by atoms with Crippen LogP contribution in [0.3, 0.4) is 0 Å². The molecule has 4 aromatic rings. The normalized spacial score (nSPS) is 11.1. The maximum atomic E-state index is 12.5. The second-order valence-corrected chi connectivity index (χ2v) is 8.61. The van der Waals surface area contributed by atoms with E-state index in [4.69, 9.17) is 4.55 Å². The molecule has 154 valence electrons. The van der Waals surface area contributed by atoms with Gasteiger partial charge in [0.2, 0.25) is 0 Å². The fraction of sp³-hybridized carbons (Fsp3) is 0.0800. The molecule has 0 fully saturated rings. The van der Waals surface area contributed by atoms with E-state index in [0.29, 0.717) is 18.4 Å². The first-order valence-electron chi connectivity index (χ1n) is 9.64. The zero-order chi connectivity index (χ0) is 21.8. The molecule has 0 aliphatic rings. The number of aromatic amines is 1. The maximum absolute atomic E-state index is 12.5. The van der Waals surface area contributed by atoms with Gasteiger partial charge in [0.05, 0.1) is 4.90 Å². The molecule has 1 heterocycles. The third kappa shape index (κ3) is 5.10. The van der Waals surface area contributed by atoms with E-state index in [2.05, 4.69) is 16.8 Å². The van der Waals surface area contributed by atoms with Crippen LogP contribution in [-0.2, 0) is 23.0 Å². The van der Waals surface area contributed by atoms with Gasteiger partial charge in [-0.05, 0) is 52.9 Å². The Morgan fingerprint density at radius 2 is 1.61 bits per heavy atom. The van der Waals surface area contributed by atoms with Crippen molar-refractivity contribution >= 4 is 21.0 Å². The lowest BCUT2D eigenvalue weighted by atomic mass is 10.0. The van der Waals surface area contributed by atoms with Crippen molar-refractivity contribution in [3.05, 3.63) is 111 Å². The summed E-state index contributed by atoms with van der Waals surface area (Å²) >= 11 is 0. The number of fused-ring (bicyclic) bond motifs is 1. The molecule has 1 aromatic heterocycles. The van der Waals surface area contributed by atoms with Gasteiger partial charge in [-0.3, -0.25) is 9.35 Å². The first-order valence-corrected chi connectivity index (χ1v) is 11.1. The maximum Gasteiger partial charge on any atom is 0.294 e. The second kappa shape index (κ2) is 8.60. The number of H-pyrrole nitrogens is 1. The number of rotatable bonds is 4. The number of pyridine rings is 1. The van der Waals surface area contributed by atoms with Crippen LogP contribution in [-0.4, -0.2) is 18.0 Å². The van der Waals surface area contributed by atoms with Crippen LogP contribution in [0.1, 0.15) is 22.3 Å². The Bertz CT molecular complexity index is 1460. The van der Waals surface area contributed by atoms with Crippen LogP contribution < -0.4 is 5.56 Å². The summed E-state index contributed by atoms with van der Waals surface area (Å²) in [5.74, 6) is 6.34. The average Bonchev–Trinajstić information content (AvgIpc) is 2.75. The lowest BCUT2D eigenvalue weighted by molar-refractivity contribution is 0.483. The molecule has 0 radical (unpaired) electrons. The highest BCUT2D eigenvalue weighted by atomic mass is 32.2. The molecule has 0 bridgehead atoms. The highest BCUT2D eigenvalue weighted by molar-refractivity contribution is 7.85. The van der Waals surface area contributed by atoms with Gasteiger partial charge in [0.25, 0.3) is 15.7 Å². The van der Waals surface area contributed by atoms with Crippen molar-refractivity contribution in [1.29, 1.82) is 0 Å². The van der Waals surface area contributed by atoms with E-state index in [1.165, 1.54) is 12.1 Å². The summed E-state index contributed by atoms with van der Waals surface area (Å²) in [6.07, 6.45) is 0.996. The Balaban J connectivity index is 1.59. The minimum Gasteiger partial charge on any atom is -0.322 e. The summed E-state index contributed by atoms with van der Waals surface area (Å²) in [6.45, 7) is 0. The molecule has 0 atom stereocenters. The molecule has 3 aromatic carbocycles. The van der Waals surface area contributed by atoms with Gasteiger partial charge in [0.15, 0.2) is 0 Å². The van der Waals surface area contributed by atoms with E-state index >= 15 is 0 Å². The monoisotopic (exact) mass is 429 g/mol. The van der Waals surface area contributed by atoms with Crippen LogP contribution in [0.5, 0.6) is 0 Å². The van der Waals surface area contributed by atoms with E-state index in [-0.39, 0.29) is 10.5 Å². The lowest BCUT2D eigenvalue weighted by Gasteiger charge is -2.05. The molecular formula is C25H19NO4S. The predicted molar refractivity (Wildman–Crippen MR) is 121 cm³/mol. The van der Waals surface area contributed by atoms with Gasteiger partial charge in [-0.1, -0.05) is 54.3 Å². The van der Waals surface area contributed by atoms with E-state index < -0.39 is 10.1 Å². The van der Waals surface area contributed by atoms with E-state index in [1.54, 1.807) is 12.1 Å². The van der Waals surface area contributed by atoms with Gasteiger partial charge >= 0.3 is 0 Å². The number of nitrogens with one attached hydrogen (secondary N) is 1. The summed E-state index contributed by atoms with van der Waals surface area (Å²) in [4.78, 5) is 15.2. The van der Waals surface area contributed by atoms with Crippen molar-refractivity contribution in [2.45, 2.75) is 17.7 Å². The topological polar surface area (TPSA) is 87.2 Å². The van der Waals surface area contributed by atoms with E-state index in [0.717, 1.165) is 27.6 Å². The Kier molecular flexibility index (Phi) is 5.72. The molecule has 5 nitrogen and oxygen atoms in total. The zero-order valence-corrected chi connectivity index (χ0v) is 17.3. The van der Waals surface area contributed by atoms with E-state index in [1.807, 2.05) is 54.6 Å². The fourth-order valence-electron chi connectivity index (χ4n) is 3.30. The van der Waals surface area contributed by atoms with Gasteiger partial charge in [0, 0.05) is 29.5 Å². The quantitative estimate of drug-likeness (QED) is 0.380. The van der Waals surface area contributed by atoms with Crippen LogP contribution in [0.25, 0.3) is 10.9 Å². The standard InChI is InChI=1S/C25H19NO4S/c27-25-22(16-20-9-12-23(13-10-20)31(28,29)30)17-21-15-19(11-14-24(21)26-25)8-4-7-18-5-2-1-3-6-18/h1-3,5-6,9-15,17H,7,16H2,(H,26,27)(H,28,29,30). The predicted octanol–water partition coefficient (Wildman–Crippen LogP) is 3.96. The Labute approximate surface area is 180 Å². The number of aromatic nitrogens is 1. The summed E-state index contributed by atoms with van der Waals surface area (Å²) in [5, 5.41) is 0.871. The number of benzene rings is 3. The number of hydrogen-bond donors (Lipinski definition) is 2. The van der Waals surface area contributed by atoms with Gasteiger partial charge < -0.3 is 4.98 Å². The van der Waals surface area contributed by atoms with Crippen LogP contribution in [0.2, 0.25) is 0 Å². The minimum atomic E-state index is -4.24. The third-order valence-electron chi connectivity index (χ3n) is 4.90. The second-order valence-electron chi connectivity index (χ2n) is 7.19. The summed E-state index contributed by atoms with van der Waals surface area (Å²) in [7, 11) is -4.24. The Hall–Kier alpha value is -3.66. The summed E-state index contributed by atoms with van der Waals surface area (Å²) in [5.41, 5.74) is 3.86. The van der Waals surface area contributed by atoms with Gasteiger partial charge in [-0.15, -0.1) is 0 Å². The average molecular weight is 429 g/mol. The molecule has 0 aliphatic heterocycles. The first kappa shape index (κ1) is 20.6. The van der Waals surface area contributed by atoms with E-state index in [9.17, 15) is 13.2 Å². The van der Waals surface area contributed by atoms with Crippen molar-refractivity contribution in [2.75, 3.05) is 0 Å². The summed E-state index contributed by atoms with van der Waals surface area (Å²) < 4.78 is 31.5. The molecule has 6 heteroatoms. The molecule has 31 heavy (non-hydrogen) atoms. The smallest absolute Gasteiger partial charge is 0.294 e. The van der Waals surface area contributed by atoms with Crippen LogP contribution in [0, 0.1) is 11.8 Å². The summed E-state index contributed by atoms with van der Waals surface area (Å²) in [6, 6.07) is 23.3. The number of hydrogen-bond acceptors (Lipinski definition) is 3. The molecule has 0 aliphatic carbocycles. The van der Waals surface area contributed by atoms with Crippen molar-refractivity contribution in [3.8, 4) is 11.8 Å². The van der Waals surface area contributed by atoms with Crippen molar-refractivity contribution in [3.63, 3.8) is 0 Å². The molecule has 0 unspecified atom stereocenters. The largest absolute Gasteiger partial charge is 0.322 e. The van der Waals surface area contributed by atoms with Crippen LogP contribution in [0.4, 0.5) is 0 Å². The van der Waals surface area contributed by atoms with Gasteiger partial charge in [-0.25, -0.2) is 0 Å². The minimum absolute atomic E-state index is 0.178. The van der Waals surface area contributed by atoms with Gasteiger partial charge in [-0.2, -0.15) is 8.42 Å². The molecule has 0 spiro atoms. The molecule has 0 amide bonds. The SMILES string of the molecule is O=c1[nH]c2ccc(C#CCc3ccccc3)cc2cc1Cc1ccc(S(=O)(=O)O)cc1. The van der Waals surface area contributed by atoms with Gasteiger partial charge in [0.1, 0.15) is 0 Å². The van der Waals surface area contributed by atoms with Crippen molar-refractivity contribution in [2.24, 2.45) is 0 Å². The fourth-order valence-corrected chi connectivity index (χ4v) is 3.78.